The van der Waals surface area contributed by atoms with Crippen molar-refractivity contribution in [2.75, 3.05) is 19.7 Å². The van der Waals surface area contributed by atoms with Gasteiger partial charge in [-0.1, -0.05) is 0 Å². The number of nitrogens with zero attached hydrogens (tertiary/aromatic N) is 1. The van der Waals surface area contributed by atoms with Crippen molar-refractivity contribution in [3.05, 3.63) is 34.9 Å². The molecule has 1 aromatic rings. The van der Waals surface area contributed by atoms with Crippen LogP contribution in [0.2, 0.25) is 0 Å². The fourth-order valence-electron chi connectivity index (χ4n) is 2.27. The van der Waals surface area contributed by atoms with Gasteiger partial charge in [0.15, 0.2) is 6.10 Å². The molecule has 0 radical (unpaired) electrons. The van der Waals surface area contributed by atoms with Crippen LogP contribution in [-0.2, 0) is 21.9 Å². The number of amides is 2. The summed E-state index contributed by atoms with van der Waals surface area (Å²) in [6.45, 7) is -0.573. The standard InChI is InChI=1S/C14H12F6N2O3/c15-13(16,17)8-3-7(4-9(5-8)14(18,19)20)12(24)22-1-2-25-10(6-22)11(21)23/h3-5,10H,1-2,6H2,(H2,21,23). The van der Waals surface area contributed by atoms with Crippen molar-refractivity contribution >= 4 is 11.8 Å². The van der Waals surface area contributed by atoms with E-state index in [9.17, 15) is 35.9 Å². The number of carbonyl (C=O) groups is 2. The van der Waals surface area contributed by atoms with Crippen molar-refractivity contribution in [3.8, 4) is 0 Å². The lowest BCUT2D eigenvalue weighted by Crippen LogP contribution is -2.50. The number of alkyl halides is 6. The lowest BCUT2D eigenvalue weighted by Gasteiger charge is -2.31. The average molecular weight is 370 g/mol. The monoisotopic (exact) mass is 370 g/mol. The van der Waals surface area contributed by atoms with Crippen LogP contribution < -0.4 is 5.73 Å². The number of rotatable bonds is 2. The van der Waals surface area contributed by atoms with Gasteiger partial charge in [-0.2, -0.15) is 26.3 Å². The van der Waals surface area contributed by atoms with Crippen molar-refractivity contribution in [1.82, 2.24) is 4.90 Å². The lowest BCUT2D eigenvalue weighted by atomic mass is 10.0. The van der Waals surface area contributed by atoms with Crippen LogP contribution in [0.5, 0.6) is 0 Å². The minimum atomic E-state index is -5.06. The first-order valence-electron chi connectivity index (χ1n) is 6.89. The molecule has 1 heterocycles. The number of nitrogens with two attached hydrogens (primary N) is 1. The zero-order chi connectivity index (χ0) is 19.0. The molecule has 1 atom stereocenters. The molecule has 2 amide bonds. The summed E-state index contributed by atoms with van der Waals surface area (Å²) >= 11 is 0. The fourth-order valence-corrected chi connectivity index (χ4v) is 2.27. The van der Waals surface area contributed by atoms with Crippen LogP contribution >= 0.6 is 0 Å². The molecule has 1 aliphatic heterocycles. The highest BCUT2D eigenvalue weighted by Crippen LogP contribution is 2.36. The molecule has 0 aromatic heterocycles. The van der Waals surface area contributed by atoms with E-state index in [0.29, 0.717) is 12.1 Å². The number of halogens is 6. The Kier molecular flexibility index (Phi) is 4.98. The van der Waals surface area contributed by atoms with Gasteiger partial charge in [0.2, 0.25) is 5.91 Å². The Hall–Kier alpha value is -2.30. The third-order valence-electron chi connectivity index (χ3n) is 3.51. The Bertz CT molecular complexity index is 654. The topological polar surface area (TPSA) is 72.6 Å². The number of ether oxygens (including phenoxy) is 1. The maximum absolute atomic E-state index is 12.8. The van der Waals surface area contributed by atoms with Crippen molar-refractivity contribution in [2.24, 2.45) is 5.73 Å². The highest BCUT2D eigenvalue weighted by Gasteiger charge is 2.38. The van der Waals surface area contributed by atoms with Crippen molar-refractivity contribution in [3.63, 3.8) is 0 Å². The van der Waals surface area contributed by atoms with E-state index in [1.165, 1.54) is 0 Å². The molecule has 1 aromatic carbocycles. The van der Waals surface area contributed by atoms with E-state index in [4.69, 9.17) is 10.5 Å². The Morgan fingerprint density at radius 2 is 1.56 bits per heavy atom. The molecule has 1 saturated heterocycles. The molecular weight excluding hydrogens is 358 g/mol. The summed E-state index contributed by atoms with van der Waals surface area (Å²) in [5.41, 5.74) is 1.06. The maximum atomic E-state index is 12.8. The number of primary amides is 1. The van der Waals surface area contributed by atoms with E-state index in [1.807, 2.05) is 0 Å². The van der Waals surface area contributed by atoms with Crippen LogP contribution in [0.25, 0.3) is 0 Å². The Labute approximate surface area is 137 Å². The molecule has 0 spiro atoms. The van der Waals surface area contributed by atoms with Crippen molar-refractivity contribution in [2.45, 2.75) is 18.5 Å². The van der Waals surface area contributed by atoms with Crippen LogP contribution in [0.15, 0.2) is 18.2 Å². The summed E-state index contributed by atoms with van der Waals surface area (Å²) < 4.78 is 82.0. The Balaban J connectivity index is 2.40. The summed E-state index contributed by atoms with van der Waals surface area (Å²) in [5.74, 6) is -1.97. The first-order valence-corrected chi connectivity index (χ1v) is 6.89. The van der Waals surface area contributed by atoms with E-state index >= 15 is 0 Å². The summed E-state index contributed by atoms with van der Waals surface area (Å²) in [6.07, 6.45) is -11.3. The second-order valence-corrected chi connectivity index (χ2v) is 5.31. The van der Waals surface area contributed by atoms with Gasteiger partial charge >= 0.3 is 12.4 Å². The predicted octanol–water partition coefficient (Wildman–Crippen LogP) is 2.05. The molecule has 138 valence electrons. The van der Waals surface area contributed by atoms with E-state index in [0.717, 1.165) is 4.90 Å². The smallest absolute Gasteiger partial charge is 0.367 e. The van der Waals surface area contributed by atoms with E-state index in [2.05, 4.69) is 0 Å². The average Bonchev–Trinajstić information content (AvgIpc) is 2.52. The molecule has 1 unspecified atom stereocenters. The van der Waals surface area contributed by atoms with Gasteiger partial charge in [-0.15, -0.1) is 0 Å². The second kappa shape index (κ2) is 6.54. The second-order valence-electron chi connectivity index (χ2n) is 5.31. The zero-order valence-corrected chi connectivity index (χ0v) is 12.4. The molecule has 2 rings (SSSR count). The van der Waals surface area contributed by atoms with E-state index in [1.54, 1.807) is 0 Å². The quantitative estimate of drug-likeness (QED) is 0.810. The third-order valence-corrected chi connectivity index (χ3v) is 3.51. The molecule has 0 aliphatic carbocycles. The Morgan fingerprint density at radius 1 is 1.04 bits per heavy atom. The number of hydrogen-bond acceptors (Lipinski definition) is 3. The molecule has 11 heteroatoms. The first kappa shape index (κ1) is 19.0. The van der Waals surface area contributed by atoms with Gasteiger partial charge < -0.3 is 15.4 Å². The van der Waals surface area contributed by atoms with Gasteiger partial charge in [-0.3, -0.25) is 9.59 Å². The zero-order valence-electron chi connectivity index (χ0n) is 12.4. The van der Waals surface area contributed by atoms with Crippen LogP contribution in [0.4, 0.5) is 26.3 Å². The van der Waals surface area contributed by atoms with Gasteiger partial charge in [0, 0.05) is 12.1 Å². The highest BCUT2D eigenvalue weighted by molar-refractivity contribution is 5.95. The van der Waals surface area contributed by atoms with E-state index in [-0.39, 0.29) is 25.8 Å². The lowest BCUT2D eigenvalue weighted by molar-refractivity contribution is -0.143. The summed E-state index contributed by atoms with van der Waals surface area (Å²) in [4.78, 5) is 24.3. The highest BCUT2D eigenvalue weighted by atomic mass is 19.4. The normalized spacial score (nSPS) is 19.0. The van der Waals surface area contributed by atoms with E-state index < -0.39 is 47.0 Å². The van der Waals surface area contributed by atoms with Gasteiger partial charge in [-0.25, -0.2) is 0 Å². The summed E-state index contributed by atoms with van der Waals surface area (Å²) in [6, 6.07) is 0.612. The molecule has 2 N–H and O–H groups in total. The number of carbonyl (C=O) groups excluding carboxylic acids is 2. The number of hydrogen-bond donors (Lipinski definition) is 1. The first-order chi connectivity index (χ1) is 11.4. The SMILES string of the molecule is NC(=O)C1CN(C(=O)c2cc(C(F)(F)F)cc(C(F)(F)F)c2)CCO1. The molecule has 5 nitrogen and oxygen atoms in total. The van der Waals surface area contributed by atoms with Crippen LogP contribution in [0.3, 0.4) is 0 Å². The summed E-state index contributed by atoms with van der Waals surface area (Å²) in [5, 5.41) is 0. The van der Waals surface area contributed by atoms with Crippen molar-refractivity contribution in [1.29, 1.82) is 0 Å². The number of benzene rings is 1. The minimum Gasteiger partial charge on any atom is -0.367 e. The van der Waals surface area contributed by atoms with Crippen LogP contribution in [0.1, 0.15) is 21.5 Å². The van der Waals surface area contributed by atoms with Gasteiger partial charge in [-0.05, 0) is 18.2 Å². The minimum absolute atomic E-state index is 0.0672. The van der Waals surface area contributed by atoms with Gasteiger partial charge in [0.05, 0.1) is 24.3 Å². The fraction of sp³-hybridized carbons (Fsp3) is 0.429. The van der Waals surface area contributed by atoms with Crippen LogP contribution in [0, 0.1) is 0 Å². The molecular formula is C14H12F6N2O3. The molecule has 0 saturated carbocycles. The van der Waals surface area contributed by atoms with Gasteiger partial charge in [0.25, 0.3) is 5.91 Å². The largest absolute Gasteiger partial charge is 0.416 e. The molecule has 1 aliphatic rings. The van der Waals surface area contributed by atoms with Crippen LogP contribution in [-0.4, -0.2) is 42.5 Å². The summed E-state index contributed by atoms with van der Waals surface area (Å²) in [7, 11) is 0. The Morgan fingerprint density at radius 3 is 2.00 bits per heavy atom. The molecule has 0 bridgehead atoms. The molecule has 1 fully saturated rings. The number of morpholine rings is 1. The van der Waals surface area contributed by atoms with Gasteiger partial charge in [0.1, 0.15) is 0 Å². The third kappa shape index (κ3) is 4.41. The predicted molar refractivity (Wildman–Crippen MR) is 71.3 cm³/mol. The maximum Gasteiger partial charge on any atom is 0.416 e. The van der Waals surface area contributed by atoms with Crippen molar-refractivity contribution < 1.29 is 40.7 Å². The molecule has 25 heavy (non-hydrogen) atoms.